The van der Waals surface area contributed by atoms with Crippen LogP contribution in [0.25, 0.3) is 0 Å². The van der Waals surface area contributed by atoms with Crippen LogP contribution in [-0.2, 0) is 114 Å². The molecule has 0 atom stereocenters. The SMILES string of the molecule is CCCCCCCCCCOP(=S)([S-])OCCCCCCCCCC.CCCCCCCCCCOP(=S)([S-])OCCCCCCCCCC.[Mo+6].[S-2].[S-2]. The molecule has 320 valence electrons. The number of hydrogen-bond donors (Lipinski definition) is 0. The van der Waals surface area contributed by atoms with E-state index in [2.05, 4.69) is 27.7 Å². The van der Waals surface area contributed by atoms with E-state index < -0.39 is 11.4 Å². The molecule has 0 bridgehead atoms. The molecule has 0 saturated carbocycles. The summed E-state index contributed by atoms with van der Waals surface area (Å²) in [6, 6.07) is 0. The molecule has 0 aromatic rings. The van der Waals surface area contributed by atoms with Crippen LogP contribution in [0.2, 0.25) is 0 Å². The van der Waals surface area contributed by atoms with Gasteiger partial charge in [-0.15, -0.1) is 0 Å². The van der Waals surface area contributed by atoms with Gasteiger partial charge in [-0.05, 0) is 25.7 Å². The third kappa shape index (κ3) is 59.6. The number of unbranched alkanes of at least 4 members (excludes halogenated alkanes) is 28. The van der Waals surface area contributed by atoms with Crippen molar-refractivity contribution in [2.75, 3.05) is 26.4 Å². The van der Waals surface area contributed by atoms with Gasteiger partial charge in [-0.25, -0.2) is 0 Å². The average molecular weight is 979 g/mol. The summed E-state index contributed by atoms with van der Waals surface area (Å²) in [5, 5.41) is 0. The van der Waals surface area contributed by atoms with Crippen LogP contribution < -0.4 is 0 Å². The van der Waals surface area contributed by atoms with Crippen LogP contribution in [0.1, 0.15) is 233 Å². The average Bonchev–Trinajstić information content (AvgIpc) is 3.09. The topological polar surface area (TPSA) is 36.9 Å². The first-order valence-corrected chi connectivity index (χ1v) is 28.7. The van der Waals surface area contributed by atoms with Crippen molar-refractivity contribution in [3.63, 3.8) is 0 Å². The Balaban J connectivity index is -0.000000274. The largest absolute Gasteiger partial charge is 6.00 e. The Morgan fingerprint density at radius 3 is 0.585 bits per heavy atom. The number of rotatable bonds is 40. The van der Waals surface area contributed by atoms with Crippen LogP contribution >= 0.6 is 11.4 Å². The normalized spacial score (nSPS) is 11.3. The Morgan fingerprint density at radius 1 is 0.302 bits per heavy atom. The maximum atomic E-state index is 5.67. The van der Waals surface area contributed by atoms with Crippen molar-refractivity contribution in [1.82, 2.24) is 0 Å². The summed E-state index contributed by atoms with van der Waals surface area (Å²) in [6.45, 7) is 11.7. The molecule has 53 heavy (non-hydrogen) atoms. The van der Waals surface area contributed by atoms with Gasteiger partial charge in [0.25, 0.3) is 0 Å². The van der Waals surface area contributed by atoms with Crippen LogP contribution in [0.15, 0.2) is 0 Å². The molecule has 0 amide bonds. The summed E-state index contributed by atoms with van der Waals surface area (Å²) in [6.07, 6.45) is 41.4. The van der Waals surface area contributed by atoms with Crippen molar-refractivity contribution in [2.45, 2.75) is 233 Å². The minimum Gasteiger partial charge on any atom is -2.00 e. The summed E-state index contributed by atoms with van der Waals surface area (Å²) < 4.78 is 22.7. The third-order valence-electron chi connectivity index (χ3n) is 8.99. The van der Waals surface area contributed by atoms with Gasteiger partial charge in [0, 0.05) is 0 Å². The molecule has 0 spiro atoms. The van der Waals surface area contributed by atoms with E-state index in [-0.39, 0.29) is 48.1 Å². The monoisotopic (exact) mass is 980 g/mol. The molecule has 0 heterocycles. The smallest absolute Gasteiger partial charge is 2.00 e. The molecule has 0 N–H and O–H groups in total. The second kappa shape index (κ2) is 53.2. The van der Waals surface area contributed by atoms with Gasteiger partial charge in [0.15, 0.2) is 0 Å². The first kappa shape index (κ1) is 65.4. The quantitative estimate of drug-likeness (QED) is 0.0260. The van der Waals surface area contributed by atoms with Gasteiger partial charge in [0.05, 0.1) is 37.8 Å². The predicted molar refractivity (Wildman–Crippen MR) is 252 cm³/mol. The predicted octanol–water partition coefficient (Wildman–Crippen LogP) is 16.1. The molecule has 0 aliphatic heterocycles. The first-order valence-electron chi connectivity index (χ1n) is 21.4. The van der Waals surface area contributed by atoms with Gasteiger partial charge in [0.1, 0.15) is 0 Å². The Morgan fingerprint density at radius 2 is 0.434 bits per heavy atom. The molecule has 0 aromatic carbocycles. The summed E-state index contributed by atoms with van der Waals surface area (Å²) in [5.41, 5.74) is -4.83. The maximum absolute atomic E-state index is 5.67. The van der Waals surface area contributed by atoms with E-state index in [0.717, 1.165) is 25.7 Å². The molecule has 0 fully saturated rings. The van der Waals surface area contributed by atoms with Gasteiger partial charge in [0.2, 0.25) is 0 Å². The molecule has 0 aromatic heterocycles. The Hall–Kier alpha value is 3.23. The minimum absolute atomic E-state index is 0. The van der Waals surface area contributed by atoms with Crippen LogP contribution in [0.5, 0.6) is 0 Å². The fourth-order valence-electron chi connectivity index (χ4n) is 5.72. The van der Waals surface area contributed by atoms with E-state index in [0.29, 0.717) is 26.4 Å². The molecule has 0 rings (SSSR count). The summed E-state index contributed by atoms with van der Waals surface area (Å²) >= 11 is 21.3. The van der Waals surface area contributed by atoms with E-state index >= 15 is 0 Å². The molecule has 0 unspecified atom stereocenters. The van der Waals surface area contributed by atoms with E-state index in [4.69, 9.17) is 66.2 Å². The van der Waals surface area contributed by atoms with E-state index in [9.17, 15) is 0 Å². The second-order valence-electron chi connectivity index (χ2n) is 14.1. The van der Waals surface area contributed by atoms with Gasteiger partial charge in [-0.3, -0.25) is 0 Å². The zero-order chi connectivity index (χ0) is 37.3. The standard InChI is InChI=1S/2C20H43O2PS2.Mo.2S/c2*1-3-5-7-9-11-13-15-17-19-21-23(24,25)22-20-18-16-14-12-10-8-6-4-2;;;/h2*3-20H2,1-2H3,(H,24,25);;;/q;;+6;2*-2/p-2. The minimum atomic E-state index is -2.42. The molecule has 0 radical (unpaired) electrons. The van der Waals surface area contributed by atoms with Crippen LogP contribution in [0.3, 0.4) is 0 Å². The van der Waals surface area contributed by atoms with Gasteiger partial charge in [-0.1, -0.05) is 231 Å². The first-order chi connectivity index (χ1) is 24.2. The van der Waals surface area contributed by atoms with Crippen LogP contribution in [0.4, 0.5) is 0 Å². The molecule has 4 nitrogen and oxygen atoms in total. The van der Waals surface area contributed by atoms with Crippen molar-refractivity contribution in [2.24, 2.45) is 0 Å². The molecule has 0 saturated heterocycles. The maximum Gasteiger partial charge on any atom is 6.00 e. The summed E-state index contributed by atoms with van der Waals surface area (Å²) in [7, 11) is 0. The van der Waals surface area contributed by atoms with Crippen molar-refractivity contribution < 1.29 is 39.2 Å². The summed E-state index contributed by atoms with van der Waals surface area (Å²) in [4.78, 5) is 0. The molecule has 0 aliphatic rings. The molecule has 13 heteroatoms. The molecule has 0 aliphatic carbocycles. The fourth-order valence-corrected chi connectivity index (χ4v) is 9.07. The van der Waals surface area contributed by atoms with Crippen molar-refractivity contribution in [3.8, 4) is 0 Å². The number of hydrogen-bond acceptors (Lipinski definition) is 8. The second-order valence-corrected chi connectivity index (χ2v) is 24.1. The van der Waals surface area contributed by atoms with E-state index in [1.54, 1.807) is 0 Å². The summed E-state index contributed by atoms with van der Waals surface area (Å²) in [5.74, 6) is 0. The Labute approximate surface area is 382 Å². The van der Waals surface area contributed by atoms with Gasteiger partial charge >= 0.3 is 21.1 Å². The van der Waals surface area contributed by atoms with Gasteiger partial charge in [-0.2, -0.15) is 0 Å². The van der Waals surface area contributed by atoms with Crippen LogP contribution in [0, 0.1) is 0 Å². The zero-order valence-corrected chi connectivity index (χ0v) is 43.5. The van der Waals surface area contributed by atoms with Crippen molar-refractivity contribution in [3.05, 3.63) is 0 Å². The fraction of sp³-hybridized carbons (Fsp3) is 1.00. The van der Waals surface area contributed by atoms with Crippen molar-refractivity contribution in [1.29, 1.82) is 0 Å². The third-order valence-corrected chi connectivity index (χ3v) is 13.5. The zero-order valence-electron chi connectivity index (χ0n) is 34.8. The van der Waals surface area contributed by atoms with Gasteiger partial charge < -0.3 is 69.6 Å². The van der Waals surface area contributed by atoms with Crippen molar-refractivity contribution >= 4 is 86.5 Å². The Kier molecular flexibility index (Phi) is 65.7. The molecular weight excluding hydrogens is 895 g/mol. The molecular formula is C40H84MoO4P2S6. The van der Waals surface area contributed by atoms with E-state index in [1.807, 2.05) is 0 Å². The van der Waals surface area contributed by atoms with Crippen LogP contribution in [-0.4, -0.2) is 26.4 Å². The van der Waals surface area contributed by atoms with E-state index in [1.165, 1.54) is 180 Å². The Bertz CT molecular complexity index is 650.